The van der Waals surface area contributed by atoms with Gasteiger partial charge in [-0.3, -0.25) is 0 Å². The van der Waals surface area contributed by atoms with Crippen molar-refractivity contribution in [2.75, 3.05) is 13.7 Å². The highest BCUT2D eigenvalue weighted by atomic mass is 32.2. The second kappa shape index (κ2) is 6.98. The van der Waals surface area contributed by atoms with Gasteiger partial charge in [0.2, 0.25) is 10.0 Å². The van der Waals surface area contributed by atoms with Gasteiger partial charge in [0.1, 0.15) is 5.75 Å². The minimum Gasteiger partial charge on any atom is -0.496 e. The van der Waals surface area contributed by atoms with E-state index in [1.54, 1.807) is 26.2 Å². The van der Waals surface area contributed by atoms with Gasteiger partial charge in [-0.1, -0.05) is 0 Å². The fourth-order valence-electron chi connectivity index (χ4n) is 2.34. The van der Waals surface area contributed by atoms with Gasteiger partial charge in [0, 0.05) is 25.5 Å². The smallest absolute Gasteiger partial charge is 0.240 e. The molecule has 22 heavy (non-hydrogen) atoms. The van der Waals surface area contributed by atoms with Crippen LogP contribution >= 0.6 is 0 Å². The van der Waals surface area contributed by atoms with E-state index in [4.69, 9.17) is 4.74 Å². The van der Waals surface area contributed by atoms with Crippen LogP contribution in [0.25, 0.3) is 0 Å². The zero-order valence-corrected chi connectivity index (χ0v) is 14.0. The fourth-order valence-corrected chi connectivity index (χ4v) is 3.72. The number of hydrogen-bond acceptors (Lipinski definition) is 3. The van der Waals surface area contributed by atoms with E-state index in [1.807, 2.05) is 36.0 Å². The van der Waals surface area contributed by atoms with Crippen LogP contribution in [0.3, 0.4) is 0 Å². The van der Waals surface area contributed by atoms with E-state index in [0.29, 0.717) is 22.8 Å². The van der Waals surface area contributed by atoms with Gasteiger partial charge in [-0.05, 0) is 55.7 Å². The van der Waals surface area contributed by atoms with E-state index < -0.39 is 10.0 Å². The number of aromatic nitrogens is 1. The molecule has 0 aliphatic heterocycles. The zero-order valence-electron chi connectivity index (χ0n) is 13.2. The van der Waals surface area contributed by atoms with E-state index in [2.05, 4.69) is 4.72 Å². The van der Waals surface area contributed by atoms with E-state index in [9.17, 15) is 8.42 Å². The molecule has 1 N–H and O–H groups in total. The topological polar surface area (TPSA) is 60.3 Å². The number of hydrogen-bond donors (Lipinski definition) is 1. The summed E-state index contributed by atoms with van der Waals surface area (Å²) in [5.41, 5.74) is 1.49. The maximum atomic E-state index is 12.4. The third-order valence-electron chi connectivity index (χ3n) is 3.53. The Labute approximate surface area is 132 Å². The summed E-state index contributed by atoms with van der Waals surface area (Å²) >= 11 is 0. The number of ether oxygens (including phenoxy) is 1. The molecule has 0 atom stereocenters. The minimum atomic E-state index is -3.49. The van der Waals surface area contributed by atoms with Crippen molar-refractivity contribution in [3.63, 3.8) is 0 Å². The van der Waals surface area contributed by atoms with E-state index in [0.717, 1.165) is 18.5 Å². The molecule has 0 aliphatic carbocycles. The molecule has 2 aromatic rings. The first-order chi connectivity index (χ1) is 10.4. The van der Waals surface area contributed by atoms with Crippen LogP contribution in [-0.2, 0) is 16.6 Å². The monoisotopic (exact) mass is 322 g/mol. The van der Waals surface area contributed by atoms with Crippen LogP contribution in [0.15, 0.2) is 41.6 Å². The molecule has 0 unspecified atom stereocenters. The molecule has 1 aromatic carbocycles. The van der Waals surface area contributed by atoms with Crippen molar-refractivity contribution in [1.29, 1.82) is 0 Å². The molecular weight excluding hydrogens is 300 g/mol. The Kier molecular flexibility index (Phi) is 5.26. The van der Waals surface area contributed by atoms with Crippen molar-refractivity contribution in [1.82, 2.24) is 9.29 Å². The number of methoxy groups -OCH3 is 1. The number of rotatable bonds is 7. The first kappa shape index (κ1) is 16.6. The van der Waals surface area contributed by atoms with Crippen molar-refractivity contribution in [3.8, 4) is 5.75 Å². The molecular formula is C16H22N2O3S. The Morgan fingerprint density at radius 2 is 1.82 bits per heavy atom. The van der Waals surface area contributed by atoms with Crippen molar-refractivity contribution >= 4 is 10.0 Å². The minimum absolute atomic E-state index is 0.312. The Hall–Kier alpha value is -1.79. The summed E-state index contributed by atoms with van der Waals surface area (Å²) in [5.74, 6) is 0.698. The van der Waals surface area contributed by atoms with Gasteiger partial charge < -0.3 is 9.30 Å². The average Bonchev–Trinajstić information content (AvgIpc) is 2.98. The molecule has 0 fully saturated rings. The van der Waals surface area contributed by atoms with Gasteiger partial charge in [-0.15, -0.1) is 0 Å². The van der Waals surface area contributed by atoms with Crippen LogP contribution in [0.5, 0.6) is 5.75 Å². The van der Waals surface area contributed by atoms with Gasteiger partial charge in [0.15, 0.2) is 0 Å². The first-order valence-corrected chi connectivity index (χ1v) is 8.68. The maximum absolute atomic E-state index is 12.4. The summed E-state index contributed by atoms with van der Waals surface area (Å²) in [6.07, 6.45) is 4.67. The van der Waals surface area contributed by atoms with Crippen molar-refractivity contribution in [3.05, 3.63) is 47.8 Å². The lowest BCUT2D eigenvalue weighted by atomic mass is 10.1. The summed E-state index contributed by atoms with van der Waals surface area (Å²) in [7, 11) is -1.92. The highest BCUT2D eigenvalue weighted by Gasteiger charge is 2.18. The maximum Gasteiger partial charge on any atom is 0.240 e. The molecule has 120 valence electrons. The van der Waals surface area contributed by atoms with Gasteiger partial charge in [-0.25, -0.2) is 13.1 Å². The van der Waals surface area contributed by atoms with Gasteiger partial charge >= 0.3 is 0 Å². The number of benzene rings is 1. The molecule has 0 radical (unpaired) electrons. The molecule has 0 saturated carbocycles. The normalized spacial score (nSPS) is 11.6. The molecule has 1 aromatic heterocycles. The third kappa shape index (κ3) is 3.90. The number of aryl methyl sites for hydroxylation is 3. The Balaban J connectivity index is 2.02. The second-order valence-corrected chi connectivity index (χ2v) is 6.99. The van der Waals surface area contributed by atoms with E-state index in [-0.39, 0.29) is 0 Å². The molecule has 0 saturated heterocycles. The van der Waals surface area contributed by atoms with E-state index in [1.165, 1.54) is 0 Å². The predicted molar refractivity (Wildman–Crippen MR) is 86.7 cm³/mol. The summed E-state index contributed by atoms with van der Waals surface area (Å²) in [6.45, 7) is 4.81. The standard InChI is InChI=1S/C16H22N2O3S/c1-13-12-16(14(2)11-15(13)21-3)22(19,20)17-7-6-10-18-8-4-5-9-18/h4-5,8-9,11-12,17H,6-7,10H2,1-3H3. The van der Waals surface area contributed by atoms with Crippen molar-refractivity contribution in [2.45, 2.75) is 31.7 Å². The number of nitrogens with zero attached hydrogens (tertiary/aromatic N) is 1. The molecule has 2 rings (SSSR count). The number of sulfonamides is 1. The average molecular weight is 322 g/mol. The summed E-state index contributed by atoms with van der Waals surface area (Å²) < 4.78 is 34.7. The lowest BCUT2D eigenvalue weighted by Crippen LogP contribution is -2.26. The highest BCUT2D eigenvalue weighted by Crippen LogP contribution is 2.25. The Morgan fingerprint density at radius 1 is 1.14 bits per heavy atom. The molecule has 0 amide bonds. The van der Waals surface area contributed by atoms with Crippen LogP contribution in [0.2, 0.25) is 0 Å². The largest absolute Gasteiger partial charge is 0.496 e. The van der Waals surface area contributed by atoms with Gasteiger partial charge in [0.25, 0.3) is 0 Å². The van der Waals surface area contributed by atoms with Crippen LogP contribution in [0.1, 0.15) is 17.5 Å². The van der Waals surface area contributed by atoms with E-state index >= 15 is 0 Å². The van der Waals surface area contributed by atoms with Gasteiger partial charge in [-0.2, -0.15) is 0 Å². The molecule has 1 heterocycles. The van der Waals surface area contributed by atoms with Crippen molar-refractivity contribution < 1.29 is 13.2 Å². The molecule has 5 nitrogen and oxygen atoms in total. The molecule has 0 bridgehead atoms. The lowest BCUT2D eigenvalue weighted by molar-refractivity contribution is 0.411. The molecule has 6 heteroatoms. The number of nitrogens with one attached hydrogen (secondary N) is 1. The van der Waals surface area contributed by atoms with Crippen LogP contribution in [0.4, 0.5) is 0 Å². The summed E-state index contributed by atoms with van der Waals surface area (Å²) in [6, 6.07) is 7.31. The molecule has 0 spiro atoms. The Morgan fingerprint density at radius 3 is 2.45 bits per heavy atom. The van der Waals surface area contributed by atoms with Crippen LogP contribution < -0.4 is 9.46 Å². The predicted octanol–water partition coefficient (Wildman–Crippen LogP) is 2.48. The van der Waals surface area contributed by atoms with Gasteiger partial charge in [0.05, 0.1) is 12.0 Å². The fraction of sp³-hybridized carbons (Fsp3) is 0.375. The SMILES string of the molecule is COc1cc(C)c(S(=O)(=O)NCCCn2cccc2)cc1C. The van der Waals surface area contributed by atoms with Crippen molar-refractivity contribution in [2.24, 2.45) is 0 Å². The Bertz CT molecular complexity index is 722. The highest BCUT2D eigenvalue weighted by molar-refractivity contribution is 7.89. The van der Waals surface area contributed by atoms with Crippen LogP contribution in [-0.4, -0.2) is 26.6 Å². The first-order valence-electron chi connectivity index (χ1n) is 7.19. The lowest BCUT2D eigenvalue weighted by Gasteiger charge is -2.13. The second-order valence-electron chi connectivity index (χ2n) is 5.26. The third-order valence-corrected chi connectivity index (χ3v) is 5.14. The summed E-state index contributed by atoms with van der Waals surface area (Å²) in [4.78, 5) is 0.312. The molecule has 0 aliphatic rings. The summed E-state index contributed by atoms with van der Waals surface area (Å²) in [5, 5.41) is 0. The zero-order chi connectivity index (χ0) is 16.2. The van der Waals surface area contributed by atoms with Crippen LogP contribution in [0, 0.1) is 13.8 Å². The quantitative estimate of drug-likeness (QED) is 0.797.